The summed E-state index contributed by atoms with van der Waals surface area (Å²) in [4.78, 5) is 0. The molecule has 1 aliphatic heterocycles. The van der Waals surface area contributed by atoms with Gasteiger partial charge in [-0.15, -0.1) is 0 Å². The zero-order valence-corrected chi connectivity index (χ0v) is 9.37. The fraction of sp³-hybridized carbons (Fsp3) is 1.00. The van der Waals surface area contributed by atoms with E-state index in [-0.39, 0.29) is 29.7 Å². The highest BCUT2D eigenvalue weighted by Crippen LogP contribution is 2.34. The predicted octanol–water partition coefficient (Wildman–Crippen LogP) is 1.84. The molecule has 0 unspecified atom stereocenters. The highest BCUT2D eigenvalue weighted by molar-refractivity contribution is 9.09. The molecule has 2 nitrogen and oxygen atoms in total. The average Bonchev–Trinajstić information content (AvgIpc) is 2.04. The summed E-state index contributed by atoms with van der Waals surface area (Å²) < 4.78 is 48.0. The fourth-order valence-corrected chi connectivity index (χ4v) is 3.37. The van der Waals surface area contributed by atoms with Crippen LogP contribution in [0, 0.1) is 5.92 Å². The molecule has 0 aliphatic carbocycles. The van der Waals surface area contributed by atoms with Crippen molar-refractivity contribution in [1.29, 1.82) is 0 Å². The van der Waals surface area contributed by atoms with E-state index >= 15 is 0 Å². The summed E-state index contributed by atoms with van der Waals surface area (Å²) in [6, 6.07) is 0. The van der Waals surface area contributed by atoms with Crippen molar-refractivity contribution in [3.8, 4) is 0 Å². The smallest absolute Gasteiger partial charge is 0.229 e. The van der Waals surface area contributed by atoms with Gasteiger partial charge in [0.25, 0.3) is 5.92 Å². The fourth-order valence-electron chi connectivity index (χ4n) is 1.42. The van der Waals surface area contributed by atoms with Gasteiger partial charge < -0.3 is 0 Å². The van der Waals surface area contributed by atoms with Crippen LogP contribution in [0.2, 0.25) is 0 Å². The van der Waals surface area contributed by atoms with Gasteiger partial charge >= 0.3 is 0 Å². The first-order valence-electron chi connectivity index (χ1n) is 4.01. The Morgan fingerprint density at radius 3 is 2.15 bits per heavy atom. The van der Waals surface area contributed by atoms with Crippen molar-refractivity contribution >= 4 is 25.8 Å². The molecule has 0 N–H and O–H groups in total. The van der Waals surface area contributed by atoms with E-state index in [1.807, 2.05) is 0 Å². The summed E-state index contributed by atoms with van der Waals surface area (Å²) in [7, 11) is -3.03. The normalized spacial score (nSPS) is 24.5. The highest BCUT2D eigenvalue weighted by Gasteiger charge is 2.41. The van der Waals surface area contributed by atoms with Crippen molar-refractivity contribution in [3.63, 3.8) is 0 Å². The average molecular weight is 277 g/mol. The topological polar surface area (TPSA) is 34.1 Å². The SMILES string of the molecule is O=S1(=O)CCC(C(F)(F)CBr)CC1. The molecule has 1 fully saturated rings. The van der Waals surface area contributed by atoms with Crippen molar-refractivity contribution < 1.29 is 17.2 Å². The van der Waals surface area contributed by atoms with E-state index in [1.165, 1.54) is 0 Å². The van der Waals surface area contributed by atoms with Gasteiger partial charge in [0.15, 0.2) is 0 Å². The van der Waals surface area contributed by atoms with Crippen molar-refractivity contribution in [2.45, 2.75) is 18.8 Å². The number of rotatable bonds is 2. The van der Waals surface area contributed by atoms with E-state index in [0.29, 0.717) is 0 Å². The molecule has 0 atom stereocenters. The molecule has 0 aromatic heterocycles. The van der Waals surface area contributed by atoms with Gasteiger partial charge in [0.1, 0.15) is 9.84 Å². The third-order valence-electron chi connectivity index (χ3n) is 2.33. The van der Waals surface area contributed by atoms with E-state index in [1.54, 1.807) is 0 Å². The highest BCUT2D eigenvalue weighted by atomic mass is 79.9. The number of hydrogen-bond donors (Lipinski definition) is 0. The summed E-state index contributed by atoms with van der Waals surface area (Å²) in [5, 5.41) is -0.384. The summed E-state index contributed by atoms with van der Waals surface area (Å²) >= 11 is 2.74. The van der Waals surface area contributed by atoms with Crippen LogP contribution in [-0.2, 0) is 9.84 Å². The van der Waals surface area contributed by atoms with Crippen LogP contribution in [0.3, 0.4) is 0 Å². The zero-order chi connectivity index (χ0) is 10.1. The van der Waals surface area contributed by atoms with Crippen LogP contribution >= 0.6 is 15.9 Å². The minimum absolute atomic E-state index is 0.0843. The van der Waals surface area contributed by atoms with Crippen LogP contribution in [0.1, 0.15) is 12.8 Å². The van der Waals surface area contributed by atoms with Crippen molar-refractivity contribution in [3.05, 3.63) is 0 Å². The number of sulfone groups is 1. The maximum atomic E-state index is 13.0. The van der Waals surface area contributed by atoms with E-state index in [0.717, 1.165) is 0 Å². The second-order valence-corrected chi connectivity index (χ2v) is 6.19. The van der Waals surface area contributed by atoms with Gasteiger partial charge in [-0.3, -0.25) is 0 Å². The molecule has 0 radical (unpaired) electrons. The van der Waals surface area contributed by atoms with Gasteiger partial charge in [-0.1, -0.05) is 15.9 Å². The second kappa shape index (κ2) is 3.81. The first-order chi connectivity index (χ1) is 5.87. The second-order valence-electron chi connectivity index (χ2n) is 3.32. The Kier molecular flexibility index (Phi) is 3.33. The van der Waals surface area contributed by atoms with Gasteiger partial charge in [0.05, 0.1) is 16.8 Å². The van der Waals surface area contributed by atoms with E-state index in [2.05, 4.69) is 15.9 Å². The monoisotopic (exact) mass is 276 g/mol. The Hall–Kier alpha value is 0.290. The third kappa shape index (κ3) is 2.87. The maximum absolute atomic E-state index is 13.0. The lowest BCUT2D eigenvalue weighted by molar-refractivity contribution is -0.0368. The lowest BCUT2D eigenvalue weighted by Gasteiger charge is -2.28. The van der Waals surface area contributed by atoms with E-state index in [4.69, 9.17) is 0 Å². The van der Waals surface area contributed by atoms with Crippen LogP contribution in [0.5, 0.6) is 0 Å². The Labute approximate surface area is 84.7 Å². The van der Waals surface area contributed by atoms with Crippen LogP contribution in [0.25, 0.3) is 0 Å². The molecular formula is C7H11BrF2O2S. The van der Waals surface area contributed by atoms with Gasteiger partial charge in [-0.2, -0.15) is 0 Å². The standard InChI is InChI=1S/C7H11BrF2O2S/c8-5-7(9,10)6-1-3-13(11,12)4-2-6/h6H,1-5H2. The molecule has 0 aromatic carbocycles. The molecule has 0 saturated carbocycles. The number of hydrogen-bond acceptors (Lipinski definition) is 2. The molecule has 1 heterocycles. The molecule has 1 rings (SSSR count). The maximum Gasteiger partial charge on any atom is 0.260 e. The summed E-state index contributed by atoms with van der Waals surface area (Å²) in [6.07, 6.45) is 0.169. The molecule has 0 spiro atoms. The van der Waals surface area contributed by atoms with Gasteiger partial charge in [-0.25, -0.2) is 17.2 Å². The lowest BCUT2D eigenvalue weighted by atomic mass is 9.96. The lowest BCUT2D eigenvalue weighted by Crippen LogP contribution is -2.36. The van der Waals surface area contributed by atoms with Crippen LogP contribution in [-0.4, -0.2) is 31.2 Å². The molecule has 0 amide bonds. The third-order valence-corrected chi connectivity index (χ3v) is 4.79. The molecule has 1 saturated heterocycles. The predicted molar refractivity (Wildman–Crippen MR) is 50.1 cm³/mol. The Bertz CT molecular complexity index is 262. The molecular weight excluding hydrogens is 266 g/mol. The van der Waals surface area contributed by atoms with Crippen LogP contribution in [0.15, 0.2) is 0 Å². The summed E-state index contributed by atoms with van der Waals surface area (Å²) in [5.74, 6) is -3.74. The van der Waals surface area contributed by atoms with Crippen LogP contribution < -0.4 is 0 Å². The first kappa shape index (κ1) is 11.4. The van der Waals surface area contributed by atoms with Crippen LogP contribution in [0.4, 0.5) is 8.78 Å². The zero-order valence-electron chi connectivity index (χ0n) is 6.97. The quantitative estimate of drug-likeness (QED) is 0.722. The summed E-state index contributed by atoms with van der Waals surface area (Å²) in [5.41, 5.74) is 0. The molecule has 0 aromatic rings. The first-order valence-corrected chi connectivity index (χ1v) is 6.96. The van der Waals surface area contributed by atoms with Crippen molar-refractivity contribution in [1.82, 2.24) is 0 Å². The molecule has 6 heteroatoms. The Morgan fingerprint density at radius 2 is 1.77 bits per heavy atom. The summed E-state index contributed by atoms with van der Waals surface area (Å²) in [6.45, 7) is 0. The Balaban J connectivity index is 2.60. The van der Waals surface area contributed by atoms with Crippen molar-refractivity contribution in [2.24, 2.45) is 5.92 Å². The van der Waals surface area contributed by atoms with E-state index in [9.17, 15) is 17.2 Å². The van der Waals surface area contributed by atoms with Gasteiger partial charge in [0.2, 0.25) is 0 Å². The molecule has 13 heavy (non-hydrogen) atoms. The van der Waals surface area contributed by atoms with Gasteiger partial charge in [0, 0.05) is 5.92 Å². The van der Waals surface area contributed by atoms with Crippen molar-refractivity contribution in [2.75, 3.05) is 16.8 Å². The number of alkyl halides is 3. The molecule has 78 valence electrons. The minimum Gasteiger partial charge on any atom is -0.229 e. The van der Waals surface area contributed by atoms with Gasteiger partial charge in [-0.05, 0) is 12.8 Å². The minimum atomic E-state index is -3.03. The molecule has 0 bridgehead atoms. The molecule has 1 aliphatic rings. The Morgan fingerprint density at radius 1 is 1.31 bits per heavy atom. The number of halogens is 3. The largest absolute Gasteiger partial charge is 0.260 e. The van der Waals surface area contributed by atoms with E-state index < -0.39 is 21.7 Å².